The van der Waals surface area contributed by atoms with Crippen molar-refractivity contribution >= 4 is 17.6 Å². The van der Waals surface area contributed by atoms with Crippen LogP contribution in [-0.4, -0.2) is 21.8 Å². The van der Waals surface area contributed by atoms with Crippen molar-refractivity contribution in [2.24, 2.45) is 0 Å². The molecule has 0 saturated heterocycles. The number of nitrogens with one attached hydrogen (secondary N) is 1. The summed E-state index contributed by atoms with van der Waals surface area (Å²) in [5.74, 6) is -0.440. The fourth-order valence-corrected chi connectivity index (χ4v) is 2.92. The Labute approximate surface area is 154 Å². The molecule has 0 aliphatic carbocycles. The second kappa shape index (κ2) is 6.95. The molecule has 6 nitrogen and oxygen atoms in total. The first-order chi connectivity index (χ1) is 13.1. The van der Waals surface area contributed by atoms with Crippen molar-refractivity contribution in [1.29, 1.82) is 0 Å². The monoisotopic (exact) mass is 362 g/mol. The summed E-state index contributed by atoms with van der Waals surface area (Å²) in [5.41, 5.74) is 2.42. The molecule has 0 radical (unpaired) electrons. The maximum Gasteiger partial charge on any atom is 0.260 e. The summed E-state index contributed by atoms with van der Waals surface area (Å²) in [5, 5.41) is 2.79. The van der Waals surface area contributed by atoms with Crippen LogP contribution in [0.5, 0.6) is 0 Å². The molecule has 1 aromatic carbocycles. The zero-order chi connectivity index (χ0) is 18.8. The summed E-state index contributed by atoms with van der Waals surface area (Å²) >= 11 is 0. The number of aromatic nitrogens is 2. The summed E-state index contributed by atoms with van der Waals surface area (Å²) in [7, 11) is 0. The van der Waals surface area contributed by atoms with E-state index >= 15 is 0 Å². The third kappa shape index (κ3) is 3.39. The van der Waals surface area contributed by atoms with Crippen molar-refractivity contribution in [3.63, 3.8) is 0 Å². The van der Waals surface area contributed by atoms with Crippen LogP contribution in [0.2, 0.25) is 0 Å². The number of fused-ring (bicyclic) bond motifs is 1. The van der Waals surface area contributed by atoms with E-state index in [4.69, 9.17) is 0 Å². The van der Waals surface area contributed by atoms with Gasteiger partial charge in [0.15, 0.2) is 0 Å². The Bertz CT molecular complexity index is 1010. The summed E-state index contributed by atoms with van der Waals surface area (Å²) in [6.45, 7) is 0.666. The second-order valence-electron chi connectivity index (χ2n) is 6.14. The van der Waals surface area contributed by atoms with Crippen molar-refractivity contribution in [3.05, 3.63) is 89.1 Å². The predicted molar refractivity (Wildman–Crippen MR) is 96.6 cm³/mol. The van der Waals surface area contributed by atoms with Gasteiger partial charge in [-0.25, -0.2) is 9.37 Å². The zero-order valence-electron chi connectivity index (χ0n) is 14.2. The van der Waals surface area contributed by atoms with E-state index in [0.29, 0.717) is 30.0 Å². The number of carbonyl (C=O) groups excluding carboxylic acids is 2. The molecular formula is C20H15FN4O2. The maximum absolute atomic E-state index is 13.4. The molecule has 0 saturated carbocycles. The highest BCUT2D eigenvalue weighted by Gasteiger charge is 2.29. The first-order valence-electron chi connectivity index (χ1n) is 8.35. The van der Waals surface area contributed by atoms with Gasteiger partial charge in [0, 0.05) is 30.7 Å². The molecule has 1 N–H and O–H groups in total. The molecule has 0 bridgehead atoms. The van der Waals surface area contributed by atoms with Gasteiger partial charge in [0.2, 0.25) is 0 Å². The number of rotatable bonds is 4. The van der Waals surface area contributed by atoms with Crippen LogP contribution in [0.1, 0.15) is 31.8 Å². The molecule has 2 amide bonds. The number of nitrogens with zero attached hydrogens (tertiary/aromatic N) is 3. The normalized spacial score (nSPS) is 12.8. The third-order valence-electron chi connectivity index (χ3n) is 4.34. The highest BCUT2D eigenvalue weighted by Crippen LogP contribution is 2.27. The summed E-state index contributed by atoms with van der Waals surface area (Å²) in [6.07, 6.45) is 4.71. The topological polar surface area (TPSA) is 75.2 Å². The first-order valence-corrected chi connectivity index (χ1v) is 8.35. The van der Waals surface area contributed by atoms with E-state index in [9.17, 15) is 14.0 Å². The van der Waals surface area contributed by atoms with E-state index in [2.05, 4.69) is 15.3 Å². The quantitative estimate of drug-likeness (QED) is 0.774. The van der Waals surface area contributed by atoms with Crippen LogP contribution < -0.4 is 10.2 Å². The Morgan fingerprint density at radius 1 is 1.19 bits per heavy atom. The minimum Gasteiger partial charge on any atom is -0.348 e. The number of halogens is 1. The smallest absolute Gasteiger partial charge is 0.260 e. The highest BCUT2D eigenvalue weighted by atomic mass is 19.1. The van der Waals surface area contributed by atoms with Crippen LogP contribution in [-0.2, 0) is 13.1 Å². The summed E-state index contributed by atoms with van der Waals surface area (Å²) in [6, 6.07) is 11.1. The minimum atomic E-state index is -0.434. The lowest BCUT2D eigenvalue weighted by atomic mass is 10.1. The van der Waals surface area contributed by atoms with Crippen LogP contribution in [0, 0.1) is 5.82 Å². The molecule has 0 fully saturated rings. The molecule has 0 unspecified atom stereocenters. The van der Waals surface area contributed by atoms with Crippen molar-refractivity contribution in [2.45, 2.75) is 13.1 Å². The van der Waals surface area contributed by atoms with Crippen LogP contribution in [0.3, 0.4) is 0 Å². The van der Waals surface area contributed by atoms with E-state index < -0.39 is 5.82 Å². The van der Waals surface area contributed by atoms with E-state index in [-0.39, 0.29) is 11.8 Å². The Hall–Kier alpha value is -3.61. The summed E-state index contributed by atoms with van der Waals surface area (Å²) < 4.78 is 13.4. The standard InChI is InChI=1S/C20H15FN4O2/c21-16-5-4-15-12-25(20(27)17(15)8-16)18-6-3-13(9-23-18)10-24-19(26)14-2-1-7-22-11-14/h1-9,11H,10,12H2,(H,24,26). The average molecular weight is 362 g/mol. The largest absolute Gasteiger partial charge is 0.348 e. The molecule has 3 aromatic rings. The molecule has 27 heavy (non-hydrogen) atoms. The Morgan fingerprint density at radius 3 is 2.81 bits per heavy atom. The molecule has 7 heteroatoms. The van der Waals surface area contributed by atoms with Gasteiger partial charge in [0.05, 0.1) is 12.1 Å². The Morgan fingerprint density at radius 2 is 2.07 bits per heavy atom. The van der Waals surface area contributed by atoms with Crippen molar-refractivity contribution in [3.8, 4) is 0 Å². The molecule has 2 aromatic heterocycles. The van der Waals surface area contributed by atoms with Gasteiger partial charge in [-0.3, -0.25) is 19.5 Å². The number of carbonyl (C=O) groups is 2. The van der Waals surface area contributed by atoms with E-state index in [0.717, 1.165) is 11.1 Å². The molecule has 134 valence electrons. The number of pyridine rings is 2. The molecule has 0 atom stereocenters. The zero-order valence-corrected chi connectivity index (χ0v) is 14.2. The number of benzene rings is 1. The van der Waals surface area contributed by atoms with Gasteiger partial charge in [0.1, 0.15) is 11.6 Å². The lowest BCUT2D eigenvalue weighted by Crippen LogP contribution is -2.25. The van der Waals surface area contributed by atoms with E-state index in [1.807, 2.05) is 0 Å². The van der Waals surface area contributed by atoms with Gasteiger partial charge in [-0.05, 0) is 41.5 Å². The number of hydrogen-bond donors (Lipinski definition) is 1. The Kier molecular flexibility index (Phi) is 4.33. The molecule has 0 spiro atoms. The van der Waals surface area contributed by atoms with Gasteiger partial charge < -0.3 is 5.32 Å². The summed E-state index contributed by atoms with van der Waals surface area (Å²) in [4.78, 5) is 34.2. The number of amides is 2. The van der Waals surface area contributed by atoms with Crippen molar-refractivity contribution < 1.29 is 14.0 Å². The van der Waals surface area contributed by atoms with E-state index in [1.165, 1.54) is 23.2 Å². The number of anilines is 1. The third-order valence-corrected chi connectivity index (χ3v) is 4.34. The maximum atomic E-state index is 13.4. The minimum absolute atomic E-state index is 0.223. The predicted octanol–water partition coefficient (Wildman–Crippen LogP) is 2.71. The van der Waals surface area contributed by atoms with E-state index in [1.54, 1.807) is 42.7 Å². The van der Waals surface area contributed by atoms with Crippen LogP contribution in [0.15, 0.2) is 61.1 Å². The average Bonchev–Trinajstić information content (AvgIpc) is 3.03. The van der Waals surface area contributed by atoms with Crippen LogP contribution >= 0.6 is 0 Å². The van der Waals surface area contributed by atoms with Crippen LogP contribution in [0.25, 0.3) is 0 Å². The highest BCUT2D eigenvalue weighted by molar-refractivity contribution is 6.09. The molecule has 4 rings (SSSR count). The fraction of sp³-hybridized carbons (Fsp3) is 0.100. The van der Waals surface area contributed by atoms with Gasteiger partial charge in [-0.2, -0.15) is 0 Å². The van der Waals surface area contributed by atoms with Crippen LogP contribution in [0.4, 0.5) is 10.2 Å². The van der Waals surface area contributed by atoms with Crippen molar-refractivity contribution in [1.82, 2.24) is 15.3 Å². The number of hydrogen-bond acceptors (Lipinski definition) is 4. The van der Waals surface area contributed by atoms with Gasteiger partial charge in [0.25, 0.3) is 11.8 Å². The lowest BCUT2D eigenvalue weighted by Gasteiger charge is -2.15. The second-order valence-corrected chi connectivity index (χ2v) is 6.14. The fourth-order valence-electron chi connectivity index (χ4n) is 2.92. The molecule has 3 heterocycles. The molecule has 1 aliphatic heterocycles. The molecule has 1 aliphatic rings. The Balaban J connectivity index is 1.43. The first kappa shape index (κ1) is 16.8. The van der Waals surface area contributed by atoms with Gasteiger partial charge >= 0.3 is 0 Å². The molecular weight excluding hydrogens is 347 g/mol. The van der Waals surface area contributed by atoms with Gasteiger partial charge in [-0.15, -0.1) is 0 Å². The lowest BCUT2D eigenvalue weighted by molar-refractivity contribution is 0.0949. The SMILES string of the molecule is O=C(NCc1ccc(N2Cc3ccc(F)cc3C2=O)nc1)c1cccnc1. The van der Waals surface area contributed by atoms with Gasteiger partial charge in [-0.1, -0.05) is 12.1 Å². The van der Waals surface area contributed by atoms with Crippen molar-refractivity contribution in [2.75, 3.05) is 4.90 Å².